The van der Waals surface area contributed by atoms with Gasteiger partial charge >= 0.3 is 0 Å². The fourth-order valence-corrected chi connectivity index (χ4v) is 2.61. The molecule has 0 aromatic heterocycles. The van der Waals surface area contributed by atoms with Gasteiger partial charge in [0.1, 0.15) is 6.04 Å². The molecule has 1 aliphatic rings. The molecular weight excluding hydrogens is 266 g/mol. The number of anilines is 1. The molecule has 5 heteroatoms. The van der Waals surface area contributed by atoms with Crippen LogP contribution in [0.4, 0.5) is 5.69 Å². The van der Waals surface area contributed by atoms with E-state index in [0.717, 1.165) is 18.7 Å². The topological polar surface area (TPSA) is 58.8 Å². The zero-order valence-electron chi connectivity index (χ0n) is 12.7. The molecule has 1 atom stereocenters. The molecule has 0 spiro atoms. The standard InChI is InChI=1S/C16H25N3O2/c1-14(16(20)18-10-12-21-13-11-18)19(9-5-8-17)15-6-3-2-4-7-15/h2-4,6-7,14H,5,8-13,17H2,1H3. The Morgan fingerprint density at radius 3 is 2.62 bits per heavy atom. The number of nitrogens with zero attached hydrogens (tertiary/aromatic N) is 2. The van der Waals surface area contributed by atoms with Gasteiger partial charge in [-0.15, -0.1) is 0 Å². The Bertz CT molecular complexity index is 432. The summed E-state index contributed by atoms with van der Waals surface area (Å²) >= 11 is 0. The quantitative estimate of drug-likeness (QED) is 0.852. The van der Waals surface area contributed by atoms with Crippen molar-refractivity contribution in [2.75, 3.05) is 44.3 Å². The van der Waals surface area contributed by atoms with Crippen molar-refractivity contribution in [1.82, 2.24) is 4.90 Å². The zero-order chi connectivity index (χ0) is 15.1. The number of amides is 1. The van der Waals surface area contributed by atoms with E-state index in [1.54, 1.807) is 0 Å². The summed E-state index contributed by atoms with van der Waals surface area (Å²) in [4.78, 5) is 16.7. The van der Waals surface area contributed by atoms with Crippen LogP contribution in [-0.4, -0.2) is 56.2 Å². The van der Waals surface area contributed by atoms with Crippen LogP contribution in [0.15, 0.2) is 30.3 Å². The molecule has 0 bridgehead atoms. The van der Waals surface area contributed by atoms with Gasteiger partial charge in [0.25, 0.3) is 0 Å². The van der Waals surface area contributed by atoms with E-state index in [2.05, 4.69) is 4.90 Å². The highest BCUT2D eigenvalue weighted by Crippen LogP contribution is 2.18. The first-order chi connectivity index (χ1) is 10.2. The van der Waals surface area contributed by atoms with Crippen molar-refractivity contribution in [2.24, 2.45) is 5.73 Å². The molecule has 1 aromatic carbocycles. The van der Waals surface area contributed by atoms with Gasteiger partial charge < -0.3 is 20.3 Å². The minimum absolute atomic E-state index is 0.166. The number of rotatable bonds is 6. The number of morpholine rings is 1. The van der Waals surface area contributed by atoms with Crippen molar-refractivity contribution in [1.29, 1.82) is 0 Å². The van der Waals surface area contributed by atoms with Crippen LogP contribution >= 0.6 is 0 Å². The van der Waals surface area contributed by atoms with E-state index in [9.17, 15) is 4.79 Å². The normalized spacial score (nSPS) is 16.6. The summed E-state index contributed by atoms with van der Waals surface area (Å²) in [5, 5.41) is 0. The molecule has 0 saturated carbocycles. The number of carbonyl (C=O) groups excluding carboxylic acids is 1. The highest BCUT2D eigenvalue weighted by Gasteiger charge is 2.27. The zero-order valence-corrected chi connectivity index (χ0v) is 12.7. The van der Waals surface area contributed by atoms with Crippen molar-refractivity contribution in [3.05, 3.63) is 30.3 Å². The van der Waals surface area contributed by atoms with Crippen LogP contribution in [0.2, 0.25) is 0 Å². The predicted octanol–water partition coefficient (Wildman–Crippen LogP) is 1.09. The van der Waals surface area contributed by atoms with Crippen LogP contribution in [0.25, 0.3) is 0 Å². The smallest absolute Gasteiger partial charge is 0.245 e. The third-order valence-electron chi connectivity index (χ3n) is 3.84. The van der Waals surface area contributed by atoms with Crippen molar-refractivity contribution >= 4 is 11.6 Å². The average Bonchev–Trinajstić information content (AvgIpc) is 2.56. The highest BCUT2D eigenvalue weighted by atomic mass is 16.5. The lowest BCUT2D eigenvalue weighted by atomic mass is 10.1. The van der Waals surface area contributed by atoms with Gasteiger partial charge in [-0.3, -0.25) is 4.79 Å². The Kier molecular flexibility index (Phi) is 6.02. The lowest BCUT2D eigenvalue weighted by molar-refractivity contribution is -0.136. The first-order valence-electron chi connectivity index (χ1n) is 7.62. The molecule has 0 aliphatic carbocycles. The van der Waals surface area contributed by atoms with E-state index in [1.807, 2.05) is 42.2 Å². The monoisotopic (exact) mass is 291 g/mol. The van der Waals surface area contributed by atoms with Gasteiger partial charge in [-0.25, -0.2) is 0 Å². The molecule has 1 fully saturated rings. The van der Waals surface area contributed by atoms with Crippen LogP contribution in [0, 0.1) is 0 Å². The van der Waals surface area contributed by atoms with Gasteiger partial charge in [-0.05, 0) is 32.0 Å². The first kappa shape index (κ1) is 15.8. The average molecular weight is 291 g/mol. The number of hydrogen-bond donors (Lipinski definition) is 1. The molecule has 5 nitrogen and oxygen atoms in total. The Morgan fingerprint density at radius 2 is 2.00 bits per heavy atom. The Labute approximate surface area is 126 Å². The van der Waals surface area contributed by atoms with Crippen molar-refractivity contribution in [3.8, 4) is 0 Å². The third kappa shape index (κ3) is 4.19. The fraction of sp³-hybridized carbons (Fsp3) is 0.562. The third-order valence-corrected chi connectivity index (χ3v) is 3.84. The molecule has 2 rings (SSSR count). The highest BCUT2D eigenvalue weighted by molar-refractivity contribution is 5.85. The largest absolute Gasteiger partial charge is 0.378 e. The lowest BCUT2D eigenvalue weighted by Crippen LogP contribution is -2.51. The fourth-order valence-electron chi connectivity index (χ4n) is 2.61. The molecule has 0 radical (unpaired) electrons. The molecule has 1 amide bonds. The van der Waals surface area contributed by atoms with Crippen LogP contribution in [0.1, 0.15) is 13.3 Å². The molecule has 116 valence electrons. The Hall–Kier alpha value is -1.59. The maximum Gasteiger partial charge on any atom is 0.245 e. The predicted molar refractivity (Wildman–Crippen MR) is 84.3 cm³/mol. The summed E-state index contributed by atoms with van der Waals surface area (Å²) in [6.07, 6.45) is 0.871. The van der Waals surface area contributed by atoms with Crippen LogP contribution in [-0.2, 0) is 9.53 Å². The number of hydrogen-bond acceptors (Lipinski definition) is 4. The van der Waals surface area contributed by atoms with Crippen molar-refractivity contribution in [2.45, 2.75) is 19.4 Å². The minimum atomic E-state index is -0.183. The number of carbonyl (C=O) groups is 1. The van der Waals surface area contributed by atoms with Gasteiger partial charge in [0.2, 0.25) is 5.91 Å². The van der Waals surface area contributed by atoms with Gasteiger partial charge in [-0.1, -0.05) is 18.2 Å². The first-order valence-corrected chi connectivity index (χ1v) is 7.62. The maximum atomic E-state index is 12.7. The second-order valence-electron chi connectivity index (χ2n) is 5.28. The van der Waals surface area contributed by atoms with E-state index < -0.39 is 0 Å². The van der Waals surface area contributed by atoms with E-state index in [-0.39, 0.29) is 11.9 Å². The summed E-state index contributed by atoms with van der Waals surface area (Å²) in [5.41, 5.74) is 6.70. The summed E-state index contributed by atoms with van der Waals surface area (Å²) in [7, 11) is 0. The molecule has 1 heterocycles. The molecule has 1 aliphatic heterocycles. The van der Waals surface area contributed by atoms with Crippen LogP contribution < -0.4 is 10.6 Å². The van der Waals surface area contributed by atoms with E-state index in [0.29, 0.717) is 32.8 Å². The minimum Gasteiger partial charge on any atom is -0.378 e. The van der Waals surface area contributed by atoms with Crippen LogP contribution in [0.5, 0.6) is 0 Å². The summed E-state index contributed by atoms with van der Waals surface area (Å²) < 4.78 is 5.32. The summed E-state index contributed by atoms with van der Waals surface area (Å²) in [5.74, 6) is 0.166. The van der Waals surface area contributed by atoms with Gasteiger partial charge in [0.15, 0.2) is 0 Å². The van der Waals surface area contributed by atoms with E-state index >= 15 is 0 Å². The molecule has 1 saturated heterocycles. The molecule has 1 aromatic rings. The second-order valence-corrected chi connectivity index (χ2v) is 5.28. The number of para-hydroxylation sites is 1. The molecular formula is C16H25N3O2. The van der Waals surface area contributed by atoms with E-state index in [4.69, 9.17) is 10.5 Å². The lowest BCUT2D eigenvalue weighted by Gasteiger charge is -2.35. The SMILES string of the molecule is CC(C(=O)N1CCOCC1)N(CCCN)c1ccccc1. The molecule has 21 heavy (non-hydrogen) atoms. The maximum absolute atomic E-state index is 12.7. The Balaban J connectivity index is 2.09. The molecule has 1 unspecified atom stereocenters. The Morgan fingerprint density at radius 1 is 1.33 bits per heavy atom. The molecule has 2 N–H and O–H groups in total. The van der Waals surface area contributed by atoms with Gasteiger partial charge in [0.05, 0.1) is 13.2 Å². The number of ether oxygens (including phenoxy) is 1. The number of nitrogens with two attached hydrogens (primary N) is 1. The second kappa shape index (κ2) is 8.00. The van der Waals surface area contributed by atoms with Gasteiger partial charge in [0, 0.05) is 25.3 Å². The number of benzene rings is 1. The van der Waals surface area contributed by atoms with Crippen LogP contribution in [0.3, 0.4) is 0 Å². The summed E-state index contributed by atoms with van der Waals surface area (Å²) in [6, 6.07) is 9.88. The summed E-state index contributed by atoms with van der Waals surface area (Å²) in [6.45, 7) is 6.02. The van der Waals surface area contributed by atoms with Crippen molar-refractivity contribution < 1.29 is 9.53 Å². The van der Waals surface area contributed by atoms with Crippen molar-refractivity contribution in [3.63, 3.8) is 0 Å². The van der Waals surface area contributed by atoms with E-state index in [1.165, 1.54) is 0 Å². The van der Waals surface area contributed by atoms with Gasteiger partial charge in [-0.2, -0.15) is 0 Å².